The van der Waals surface area contributed by atoms with Gasteiger partial charge in [-0.2, -0.15) is 11.8 Å². The minimum atomic E-state index is 0.0671. The van der Waals surface area contributed by atoms with Crippen LogP contribution in [0.4, 0.5) is 5.69 Å². The molecule has 1 aromatic carbocycles. The van der Waals surface area contributed by atoms with Gasteiger partial charge in [-0.1, -0.05) is 11.6 Å². The smallest absolute Gasteiger partial charge is 0.224 e. The zero-order valence-electron chi connectivity index (χ0n) is 15.5. The largest absolute Gasteiger partial charge is 0.495 e. The van der Waals surface area contributed by atoms with Crippen LogP contribution in [0.5, 0.6) is 5.75 Å². The fourth-order valence-electron chi connectivity index (χ4n) is 4.02. The van der Waals surface area contributed by atoms with Gasteiger partial charge in [-0.25, -0.2) is 0 Å². The van der Waals surface area contributed by atoms with Crippen molar-refractivity contribution in [3.05, 3.63) is 23.2 Å². The van der Waals surface area contributed by atoms with Crippen LogP contribution in [0.2, 0.25) is 5.02 Å². The van der Waals surface area contributed by atoms with Crippen LogP contribution in [0.3, 0.4) is 0 Å². The lowest BCUT2D eigenvalue weighted by Crippen LogP contribution is -2.44. The zero-order chi connectivity index (χ0) is 18.4. The van der Waals surface area contributed by atoms with Crippen LogP contribution in [0.25, 0.3) is 0 Å². The molecule has 0 aliphatic carbocycles. The number of ether oxygens (including phenoxy) is 1. The Morgan fingerprint density at radius 3 is 2.88 bits per heavy atom. The highest BCUT2D eigenvalue weighted by Gasteiger charge is 2.27. The van der Waals surface area contributed by atoms with E-state index in [9.17, 15) is 4.79 Å². The molecule has 26 heavy (non-hydrogen) atoms. The van der Waals surface area contributed by atoms with Crippen molar-refractivity contribution in [3.8, 4) is 5.75 Å². The van der Waals surface area contributed by atoms with Gasteiger partial charge in [-0.15, -0.1) is 0 Å². The fraction of sp³-hybridized carbons (Fsp3) is 0.650. The topological polar surface area (TPSA) is 41.6 Å². The fourth-order valence-corrected chi connectivity index (χ4v) is 5.36. The molecule has 3 rings (SSSR count). The number of nitrogens with one attached hydrogen (secondary N) is 1. The summed E-state index contributed by atoms with van der Waals surface area (Å²) in [6.07, 6.45) is 6.71. The summed E-state index contributed by atoms with van der Waals surface area (Å²) in [6.45, 7) is 2.40. The Morgan fingerprint density at radius 1 is 1.35 bits per heavy atom. The number of anilines is 1. The summed E-state index contributed by atoms with van der Waals surface area (Å²) in [7, 11) is 1.58. The number of hydrogen-bond acceptors (Lipinski definition) is 4. The standard InChI is InChI=1S/C20H29ClN2O2S/c1-25-19-6-5-16(13-18(19)21)22-20(24)7-4-15-3-2-10-23(14-15)17-8-11-26-12-9-17/h5-6,13,15,17H,2-4,7-12,14H2,1H3,(H,22,24)/t15-/m1/s1. The summed E-state index contributed by atoms with van der Waals surface area (Å²) in [6, 6.07) is 6.11. The number of benzene rings is 1. The monoisotopic (exact) mass is 396 g/mol. The van der Waals surface area contributed by atoms with Gasteiger partial charge >= 0.3 is 0 Å². The predicted molar refractivity (Wildman–Crippen MR) is 111 cm³/mol. The van der Waals surface area contributed by atoms with Gasteiger partial charge in [-0.05, 0) is 74.3 Å². The average molecular weight is 397 g/mol. The summed E-state index contributed by atoms with van der Waals surface area (Å²) >= 11 is 8.20. The number of rotatable bonds is 6. The first kappa shape index (κ1) is 19.8. The molecule has 1 N–H and O–H groups in total. The van der Waals surface area contributed by atoms with Gasteiger partial charge in [0.2, 0.25) is 5.91 Å². The number of likely N-dealkylation sites (tertiary alicyclic amines) is 1. The number of thioether (sulfide) groups is 1. The second-order valence-corrected chi connectivity index (χ2v) is 8.91. The van der Waals surface area contributed by atoms with Crippen molar-refractivity contribution < 1.29 is 9.53 Å². The van der Waals surface area contributed by atoms with Crippen LogP contribution in [0.1, 0.15) is 38.5 Å². The Balaban J connectivity index is 1.44. The third-order valence-electron chi connectivity index (χ3n) is 5.47. The van der Waals surface area contributed by atoms with E-state index in [1.54, 1.807) is 19.2 Å². The number of nitrogens with zero attached hydrogens (tertiary/aromatic N) is 1. The zero-order valence-corrected chi connectivity index (χ0v) is 17.1. The van der Waals surface area contributed by atoms with Crippen LogP contribution in [0.15, 0.2) is 18.2 Å². The number of carbonyl (C=O) groups is 1. The summed E-state index contributed by atoms with van der Waals surface area (Å²) in [5.74, 6) is 3.94. The summed E-state index contributed by atoms with van der Waals surface area (Å²) < 4.78 is 5.14. The van der Waals surface area contributed by atoms with E-state index in [-0.39, 0.29) is 5.91 Å². The molecule has 0 aromatic heterocycles. The predicted octanol–water partition coefficient (Wildman–Crippen LogP) is 4.67. The first-order valence-corrected chi connectivity index (χ1v) is 11.1. The third kappa shape index (κ3) is 5.54. The third-order valence-corrected chi connectivity index (χ3v) is 6.82. The molecular weight excluding hydrogens is 368 g/mol. The highest BCUT2D eigenvalue weighted by molar-refractivity contribution is 7.99. The molecule has 144 valence electrons. The first-order chi connectivity index (χ1) is 12.7. The highest BCUT2D eigenvalue weighted by Crippen LogP contribution is 2.29. The number of carbonyl (C=O) groups excluding carboxylic acids is 1. The molecule has 0 saturated carbocycles. The molecular formula is C20H29ClN2O2S. The van der Waals surface area contributed by atoms with Gasteiger partial charge in [0.25, 0.3) is 0 Å². The van der Waals surface area contributed by atoms with Crippen LogP contribution in [-0.2, 0) is 4.79 Å². The van der Waals surface area contributed by atoms with E-state index in [0.29, 0.717) is 23.1 Å². The number of hydrogen-bond donors (Lipinski definition) is 1. The molecule has 2 fully saturated rings. The summed E-state index contributed by atoms with van der Waals surface area (Å²) in [5.41, 5.74) is 0.728. The lowest BCUT2D eigenvalue weighted by molar-refractivity contribution is -0.116. The number of halogens is 1. The molecule has 0 unspecified atom stereocenters. The van der Waals surface area contributed by atoms with Gasteiger partial charge < -0.3 is 15.0 Å². The Bertz CT molecular complexity index is 607. The Kier molecular flexibility index (Phi) is 7.52. The highest BCUT2D eigenvalue weighted by atomic mass is 35.5. The van der Waals surface area contributed by atoms with Crippen molar-refractivity contribution in [2.24, 2.45) is 5.92 Å². The molecule has 1 atom stereocenters. The van der Waals surface area contributed by atoms with Crippen molar-refractivity contribution >= 4 is 35.0 Å². The lowest BCUT2D eigenvalue weighted by Gasteiger charge is -2.40. The van der Waals surface area contributed by atoms with E-state index in [0.717, 1.165) is 24.7 Å². The quantitative estimate of drug-likeness (QED) is 0.758. The maximum atomic E-state index is 12.3. The number of methoxy groups -OCH3 is 1. The first-order valence-electron chi connectivity index (χ1n) is 9.61. The molecule has 4 nitrogen and oxygen atoms in total. The van der Waals surface area contributed by atoms with Crippen molar-refractivity contribution in [1.29, 1.82) is 0 Å². The molecule has 6 heteroatoms. The second kappa shape index (κ2) is 9.86. The molecule has 2 aliphatic rings. The number of amides is 1. The van der Waals surface area contributed by atoms with Crippen molar-refractivity contribution in [1.82, 2.24) is 4.90 Å². The van der Waals surface area contributed by atoms with E-state index in [1.165, 1.54) is 43.7 Å². The van der Waals surface area contributed by atoms with Crippen LogP contribution in [-0.4, -0.2) is 48.6 Å². The van der Waals surface area contributed by atoms with Gasteiger partial charge in [-0.3, -0.25) is 4.79 Å². The van der Waals surface area contributed by atoms with Crippen LogP contribution < -0.4 is 10.1 Å². The molecule has 0 bridgehead atoms. The van der Waals surface area contributed by atoms with Crippen LogP contribution >= 0.6 is 23.4 Å². The van der Waals surface area contributed by atoms with E-state index >= 15 is 0 Å². The molecule has 1 aromatic rings. The minimum Gasteiger partial charge on any atom is -0.495 e. The Labute approximate surface area is 166 Å². The lowest BCUT2D eigenvalue weighted by atomic mass is 9.91. The maximum absolute atomic E-state index is 12.3. The van der Waals surface area contributed by atoms with Crippen molar-refractivity contribution in [2.75, 3.05) is 37.0 Å². The normalized spacial score (nSPS) is 22.2. The van der Waals surface area contributed by atoms with Gasteiger partial charge in [0, 0.05) is 24.7 Å². The van der Waals surface area contributed by atoms with Crippen molar-refractivity contribution in [2.45, 2.75) is 44.6 Å². The van der Waals surface area contributed by atoms with Crippen LogP contribution in [0, 0.1) is 5.92 Å². The molecule has 2 saturated heterocycles. The second-order valence-electron chi connectivity index (χ2n) is 7.28. The maximum Gasteiger partial charge on any atom is 0.224 e. The minimum absolute atomic E-state index is 0.0671. The van der Waals surface area contributed by atoms with E-state index in [4.69, 9.17) is 16.3 Å². The Hall–Kier alpha value is -0.910. The molecule has 0 spiro atoms. The van der Waals surface area contributed by atoms with Crippen molar-refractivity contribution in [3.63, 3.8) is 0 Å². The SMILES string of the molecule is COc1ccc(NC(=O)CC[C@H]2CCCN(C3CCSCC3)C2)cc1Cl. The molecule has 2 aliphatic heterocycles. The van der Waals surface area contributed by atoms with Gasteiger partial charge in [0.1, 0.15) is 5.75 Å². The average Bonchev–Trinajstić information content (AvgIpc) is 2.67. The molecule has 2 heterocycles. The molecule has 1 amide bonds. The van der Waals surface area contributed by atoms with E-state index in [1.807, 2.05) is 6.07 Å². The van der Waals surface area contributed by atoms with E-state index < -0.39 is 0 Å². The summed E-state index contributed by atoms with van der Waals surface area (Å²) in [5, 5.41) is 3.47. The molecule has 0 radical (unpaired) electrons. The van der Waals surface area contributed by atoms with Gasteiger partial charge in [0.05, 0.1) is 12.1 Å². The number of piperidine rings is 1. The summed E-state index contributed by atoms with van der Waals surface area (Å²) in [4.78, 5) is 15.0. The van der Waals surface area contributed by atoms with E-state index in [2.05, 4.69) is 22.0 Å². The van der Waals surface area contributed by atoms with Gasteiger partial charge in [0.15, 0.2) is 0 Å². The Morgan fingerprint density at radius 2 is 2.15 bits per heavy atom.